The van der Waals surface area contributed by atoms with Crippen LogP contribution in [0.15, 0.2) is 88.7 Å². The van der Waals surface area contributed by atoms with Crippen molar-refractivity contribution in [2.75, 3.05) is 6.61 Å². The van der Waals surface area contributed by atoms with Crippen LogP contribution in [0.4, 0.5) is 4.39 Å². The molecular formula is C20H15FO3S. The Balaban J connectivity index is 1.49. The lowest BCUT2D eigenvalue weighted by atomic mass is 10.3. The highest BCUT2D eigenvalue weighted by Crippen LogP contribution is 2.28. The number of rotatable bonds is 6. The molecule has 0 bridgehead atoms. The van der Waals surface area contributed by atoms with E-state index < -0.39 is 5.97 Å². The number of halogens is 1. The van der Waals surface area contributed by atoms with Gasteiger partial charge in [0.05, 0.1) is 0 Å². The van der Waals surface area contributed by atoms with Gasteiger partial charge in [-0.15, -0.1) is 0 Å². The zero-order valence-corrected chi connectivity index (χ0v) is 14.0. The smallest absolute Gasteiger partial charge is 0.349 e. The van der Waals surface area contributed by atoms with Crippen LogP contribution in [0.5, 0.6) is 11.5 Å². The van der Waals surface area contributed by atoms with E-state index in [9.17, 15) is 9.18 Å². The van der Waals surface area contributed by atoms with Crippen molar-refractivity contribution in [3.05, 3.63) is 84.7 Å². The van der Waals surface area contributed by atoms with Crippen LogP contribution >= 0.6 is 11.8 Å². The van der Waals surface area contributed by atoms with Gasteiger partial charge in [0.15, 0.2) is 6.61 Å². The molecule has 126 valence electrons. The van der Waals surface area contributed by atoms with Gasteiger partial charge in [0.25, 0.3) is 0 Å². The fourth-order valence-corrected chi connectivity index (χ4v) is 2.87. The molecule has 5 heteroatoms. The second kappa shape index (κ2) is 8.35. The van der Waals surface area contributed by atoms with Crippen molar-refractivity contribution >= 4 is 17.7 Å². The molecular weight excluding hydrogens is 339 g/mol. The van der Waals surface area contributed by atoms with Crippen molar-refractivity contribution in [2.45, 2.75) is 9.79 Å². The lowest BCUT2D eigenvalue weighted by Crippen LogP contribution is -2.17. The van der Waals surface area contributed by atoms with E-state index in [1.807, 2.05) is 42.5 Å². The Morgan fingerprint density at radius 1 is 0.800 bits per heavy atom. The molecule has 3 rings (SSSR count). The Hall–Kier alpha value is -2.79. The summed E-state index contributed by atoms with van der Waals surface area (Å²) in [5.41, 5.74) is 0. The lowest BCUT2D eigenvalue weighted by Gasteiger charge is -2.07. The molecule has 0 spiro atoms. The van der Waals surface area contributed by atoms with Gasteiger partial charge in [-0.1, -0.05) is 30.0 Å². The fraction of sp³-hybridized carbons (Fsp3) is 0.0500. The maximum absolute atomic E-state index is 12.8. The molecule has 0 heterocycles. The Morgan fingerprint density at radius 2 is 1.40 bits per heavy atom. The zero-order chi connectivity index (χ0) is 17.5. The molecule has 0 aliphatic heterocycles. The van der Waals surface area contributed by atoms with Crippen LogP contribution in [-0.4, -0.2) is 12.6 Å². The van der Waals surface area contributed by atoms with Gasteiger partial charge in [-0.3, -0.25) is 0 Å². The SMILES string of the molecule is O=C(COc1ccc(Sc2ccccc2)cc1)Oc1ccc(F)cc1. The molecule has 0 fully saturated rings. The minimum Gasteiger partial charge on any atom is -0.482 e. The fourth-order valence-electron chi connectivity index (χ4n) is 2.03. The lowest BCUT2D eigenvalue weighted by molar-refractivity contribution is -0.136. The Labute approximate surface area is 149 Å². The monoisotopic (exact) mass is 354 g/mol. The number of esters is 1. The van der Waals surface area contributed by atoms with E-state index >= 15 is 0 Å². The summed E-state index contributed by atoms with van der Waals surface area (Å²) in [5, 5.41) is 0. The largest absolute Gasteiger partial charge is 0.482 e. The van der Waals surface area contributed by atoms with Crippen LogP contribution in [0.1, 0.15) is 0 Å². The predicted octanol–water partition coefficient (Wildman–Crippen LogP) is 4.96. The van der Waals surface area contributed by atoms with Gasteiger partial charge in [-0.2, -0.15) is 0 Å². The van der Waals surface area contributed by atoms with E-state index in [0.29, 0.717) is 5.75 Å². The Bertz CT molecular complexity index is 818. The molecule has 0 aliphatic rings. The third kappa shape index (κ3) is 5.36. The summed E-state index contributed by atoms with van der Waals surface area (Å²) in [5.74, 6) is -0.0723. The first-order valence-corrected chi connectivity index (χ1v) is 8.43. The van der Waals surface area contributed by atoms with Gasteiger partial charge in [0.2, 0.25) is 0 Å². The summed E-state index contributed by atoms with van der Waals surface area (Å²) in [6, 6.07) is 22.8. The summed E-state index contributed by atoms with van der Waals surface area (Å²) in [7, 11) is 0. The molecule has 25 heavy (non-hydrogen) atoms. The number of carbonyl (C=O) groups is 1. The van der Waals surface area contributed by atoms with Crippen LogP contribution in [0.25, 0.3) is 0 Å². The predicted molar refractivity (Wildman–Crippen MR) is 94.5 cm³/mol. The van der Waals surface area contributed by atoms with E-state index in [-0.39, 0.29) is 18.2 Å². The van der Waals surface area contributed by atoms with Crippen molar-refractivity contribution in [1.29, 1.82) is 0 Å². The molecule has 0 atom stereocenters. The molecule has 0 saturated carbocycles. The third-order valence-electron chi connectivity index (χ3n) is 3.20. The number of hydrogen-bond acceptors (Lipinski definition) is 4. The normalized spacial score (nSPS) is 10.3. The quantitative estimate of drug-likeness (QED) is 0.463. The average molecular weight is 354 g/mol. The second-order valence-corrected chi connectivity index (χ2v) is 6.25. The van der Waals surface area contributed by atoms with E-state index in [1.54, 1.807) is 23.9 Å². The van der Waals surface area contributed by atoms with E-state index in [1.165, 1.54) is 24.3 Å². The van der Waals surface area contributed by atoms with Crippen LogP contribution < -0.4 is 9.47 Å². The summed E-state index contributed by atoms with van der Waals surface area (Å²) < 4.78 is 23.3. The second-order valence-electron chi connectivity index (χ2n) is 5.10. The number of carbonyl (C=O) groups excluding carboxylic acids is 1. The molecule has 0 aromatic heterocycles. The zero-order valence-electron chi connectivity index (χ0n) is 13.2. The molecule has 0 N–H and O–H groups in total. The van der Waals surface area contributed by atoms with Crippen molar-refractivity contribution in [1.82, 2.24) is 0 Å². The van der Waals surface area contributed by atoms with Crippen LogP contribution in [0.3, 0.4) is 0 Å². The van der Waals surface area contributed by atoms with Crippen molar-refractivity contribution in [3.63, 3.8) is 0 Å². The van der Waals surface area contributed by atoms with Gasteiger partial charge >= 0.3 is 5.97 Å². The summed E-state index contributed by atoms with van der Waals surface area (Å²) in [4.78, 5) is 14.0. The molecule has 0 aliphatic carbocycles. The maximum Gasteiger partial charge on any atom is 0.349 e. The first-order valence-electron chi connectivity index (χ1n) is 7.61. The number of ether oxygens (including phenoxy) is 2. The van der Waals surface area contributed by atoms with E-state index in [0.717, 1.165) is 9.79 Å². The molecule has 0 unspecified atom stereocenters. The van der Waals surface area contributed by atoms with Gasteiger partial charge in [0.1, 0.15) is 17.3 Å². The molecule has 3 nitrogen and oxygen atoms in total. The number of hydrogen-bond donors (Lipinski definition) is 0. The van der Waals surface area contributed by atoms with Gasteiger partial charge < -0.3 is 9.47 Å². The van der Waals surface area contributed by atoms with E-state index in [2.05, 4.69) is 0 Å². The van der Waals surface area contributed by atoms with Gasteiger partial charge in [-0.25, -0.2) is 9.18 Å². The average Bonchev–Trinajstić information content (AvgIpc) is 2.64. The first kappa shape index (κ1) is 17.0. The molecule has 3 aromatic carbocycles. The van der Waals surface area contributed by atoms with Crippen molar-refractivity contribution in [2.24, 2.45) is 0 Å². The molecule has 0 radical (unpaired) electrons. The van der Waals surface area contributed by atoms with Gasteiger partial charge in [-0.05, 0) is 60.7 Å². The highest BCUT2D eigenvalue weighted by atomic mass is 32.2. The summed E-state index contributed by atoms with van der Waals surface area (Å²) in [6.07, 6.45) is 0. The first-order chi connectivity index (χ1) is 12.2. The topological polar surface area (TPSA) is 35.5 Å². The minimum absolute atomic E-state index is 0.220. The van der Waals surface area contributed by atoms with Crippen molar-refractivity contribution in [3.8, 4) is 11.5 Å². The van der Waals surface area contributed by atoms with E-state index in [4.69, 9.17) is 9.47 Å². The molecule has 0 saturated heterocycles. The summed E-state index contributed by atoms with van der Waals surface area (Å²) in [6.45, 7) is -0.220. The van der Waals surface area contributed by atoms with Crippen LogP contribution in [0.2, 0.25) is 0 Å². The van der Waals surface area contributed by atoms with Crippen molar-refractivity contribution < 1.29 is 18.7 Å². The summed E-state index contributed by atoms with van der Waals surface area (Å²) >= 11 is 1.65. The standard InChI is InChI=1S/C20H15FO3S/c21-15-6-8-17(9-7-15)24-20(22)14-23-16-10-12-19(13-11-16)25-18-4-2-1-3-5-18/h1-13H,14H2. The molecule has 0 amide bonds. The maximum atomic E-state index is 12.8. The Morgan fingerprint density at radius 3 is 2.08 bits per heavy atom. The molecule has 3 aromatic rings. The third-order valence-corrected chi connectivity index (χ3v) is 4.22. The Kier molecular flexibility index (Phi) is 5.69. The minimum atomic E-state index is -0.547. The van der Waals surface area contributed by atoms with Crippen LogP contribution in [0, 0.1) is 5.82 Å². The number of benzene rings is 3. The highest BCUT2D eigenvalue weighted by Gasteiger charge is 2.07. The highest BCUT2D eigenvalue weighted by molar-refractivity contribution is 7.99. The van der Waals surface area contributed by atoms with Gasteiger partial charge in [0, 0.05) is 9.79 Å². The van der Waals surface area contributed by atoms with Crippen LogP contribution in [-0.2, 0) is 4.79 Å².